The van der Waals surface area contributed by atoms with Gasteiger partial charge in [-0.3, -0.25) is 10.8 Å². The number of hydrogen-bond donors (Lipinski definition) is 4. The van der Waals surface area contributed by atoms with Crippen LogP contribution in [0.15, 0.2) is 47.6 Å². The van der Waals surface area contributed by atoms with Crippen LogP contribution in [0.4, 0.5) is 5.69 Å². The monoisotopic (exact) mass is 353 g/mol. The van der Waals surface area contributed by atoms with Gasteiger partial charge >= 0.3 is 5.97 Å². The number of anilines is 1. The number of aromatic carboxylic acids is 1. The molecule has 2 rings (SSSR count). The molecule has 0 unspecified atom stereocenters. The van der Waals surface area contributed by atoms with Crippen LogP contribution >= 0.6 is 0 Å². The third-order valence-corrected chi connectivity index (χ3v) is 3.17. The topological polar surface area (TPSA) is 154 Å². The molecule has 0 radical (unpaired) electrons. The van der Waals surface area contributed by atoms with Crippen molar-refractivity contribution in [2.24, 2.45) is 10.8 Å². The molecular weight excluding hydrogens is 338 g/mol. The van der Waals surface area contributed by atoms with E-state index in [9.17, 15) is 9.90 Å². The number of amidine groups is 1. The van der Waals surface area contributed by atoms with Crippen LogP contribution in [0.1, 0.15) is 10.4 Å². The Morgan fingerprint density at radius 3 is 2.58 bits per heavy atom. The van der Waals surface area contributed by atoms with Gasteiger partial charge in [0.1, 0.15) is 11.8 Å². The van der Waals surface area contributed by atoms with Crippen molar-refractivity contribution in [1.82, 2.24) is 0 Å². The number of carboxylic acid groups (broad SMARTS) is 1. The Hall–Kier alpha value is -4.06. The van der Waals surface area contributed by atoms with E-state index in [1.807, 2.05) is 0 Å². The number of methoxy groups -OCH3 is 1. The third-order valence-electron chi connectivity index (χ3n) is 3.17. The summed E-state index contributed by atoms with van der Waals surface area (Å²) in [5, 5.41) is 29.0. The van der Waals surface area contributed by atoms with Gasteiger partial charge in [0.25, 0.3) is 0 Å². The summed E-state index contributed by atoms with van der Waals surface area (Å²) in [4.78, 5) is 11.5. The Bertz CT molecular complexity index is 918. The molecule has 0 spiro atoms. The zero-order valence-electron chi connectivity index (χ0n) is 13.7. The molecule has 9 heteroatoms. The molecule has 0 saturated carbocycles. The number of nitriles is 1. The first kappa shape index (κ1) is 18.3. The second-order valence-electron chi connectivity index (χ2n) is 4.86. The van der Waals surface area contributed by atoms with Gasteiger partial charge in [0.2, 0.25) is 5.71 Å². The molecule has 0 bridgehead atoms. The smallest absolute Gasteiger partial charge is 0.338 e. The van der Waals surface area contributed by atoms with E-state index in [-0.39, 0.29) is 22.7 Å². The summed E-state index contributed by atoms with van der Waals surface area (Å²) in [5.41, 5.74) is 7.22. The first-order valence-corrected chi connectivity index (χ1v) is 7.22. The van der Waals surface area contributed by atoms with Gasteiger partial charge in [-0.2, -0.15) is 10.4 Å². The maximum atomic E-state index is 11.5. The van der Waals surface area contributed by atoms with Gasteiger partial charge < -0.3 is 20.3 Å². The average Bonchev–Trinajstić information content (AvgIpc) is 2.63. The standard InChI is InChI=1S/C17H15N5O4/c1-25-14-4-2-3-5-15(14)26-10-6-7-12(11(8-10)17(23)24)21-22-13(9-18)16(19)20/h2-8,21H,1H3,(H3,19,20)(H,23,24)/b22-13+. The Morgan fingerprint density at radius 2 is 2.00 bits per heavy atom. The summed E-state index contributed by atoms with van der Waals surface area (Å²) in [6, 6.07) is 12.8. The molecule has 0 fully saturated rings. The van der Waals surface area contributed by atoms with E-state index in [0.717, 1.165) is 0 Å². The zero-order chi connectivity index (χ0) is 19.1. The molecular formula is C17H15N5O4. The minimum absolute atomic E-state index is 0.110. The van der Waals surface area contributed by atoms with Gasteiger partial charge in [0.05, 0.1) is 18.4 Å². The minimum Gasteiger partial charge on any atom is -0.493 e. The molecule has 0 aliphatic rings. The number of carboxylic acids is 1. The number of benzene rings is 2. The second kappa shape index (κ2) is 8.16. The van der Waals surface area contributed by atoms with Gasteiger partial charge in [-0.05, 0) is 30.3 Å². The maximum absolute atomic E-state index is 11.5. The van der Waals surface area contributed by atoms with Crippen LogP contribution in [-0.2, 0) is 0 Å². The molecule has 0 aromatic heterocycles. The summed E-state index contributed by atoms with van der Waals surface area (Å²) < 4.78 is 10.9. The number of ether oxygens (including phenoxy) is 2. The number of para-hydroxylation sites is 2. The Kier molecular flexibility index (Phi) is 5.74. The molecule has 0 heterocycles. The SMILES string of the molecule is COc1ccccc1Oc1ccc(N/N=C(\C#N)C(=N)N)c(C(=O)O)c1. The quantitative estimate of drug-likeness (QED) is 0.338. The zero-order valence-corrected chi connectivity index (χ0v) is 13.7. The van der Waals surface area contributed by atoms with Crippen LogP contribution < -0.4 is 20.6 Å². The van der Waals surface area contributed by atoms with E-state index in [4.69, 9.17) is 25.9 Å². The highest BCUT2D eigenvalue weighted by molar-refractivity contribution is 6.45. The van der Waals surface area contributed by atoms with Gasteiger partial charge in [-0.25, -0.2) is 4.79 Å². The Labute approximate surface area is 148 Å². The van der Waals surface area contributed by atoms with Gasteiger partial charge in [0.15, 0.2) is 17.3 Å². The van der Waals surface area contributed by atoms with Crippen molar-refractivity contribution in [3.05, 3.63) is 48.0 Å². The fourth-order valence-electron chi connectivity index (χ4n) is 1.95. The van der Waals surface area contributed by atoms with Crippen molar-refractivity contribution in [3.63, 3.8) is 0 Å². The largest absolute Gasteiger partial charge is 0.493 e. The van der Waals surface area contributed by atoms with Crippen molar-refractivity contribution < 1.29 is 19.4 Å². The number of hydrogen-bond acceptors (Lipinski definition) is 7. The van der Waals surface area contributed by atoms with Crippen LogP contribution in [0.25, 0.3) is 0 Å². The first-order valence-electron chi connectivity index (χ1n) is 7.22. The van der Waals surface area contributed by atoms with Crippen molar-refractivity contribution in [2.45, 2.75) is 0 Å². The summed E-state index contributed by atoms with van der Waals surface area (Å²) in [6.45, 7) is 0. The highest BCUT2D eigenvalue weighted by Gasteiger charge is 2.13. The molecule has 132 valence electrons. The summed E-state index contributed by atoms with van der Waals surface area (Å²) >= 11 is 0. The number of nitrogens with one attached hydrogen (secondary N) is 2. The lowest BCUT2D eigenvalue weighted by Gasteiger charge is -2.12. The molecule has 2 aromatic rings. The fraction of sp³-hybridized carbons (Fsp3) is 0.0588. The maximum Gasteiger partial charge on any atom is 0.338 e. The normalized spacial score (nSPS) is 10.5. The lowest BCUT2D eigenvalue weighted by molar-refractivity contribution is 0.0697. The number of carbonyl (C=O) groups is 1. The van der Waals surface area contributed by atoms with Gasteiger partial charge in [-0.15, -0.1) is 0 Å². The minimum atomic E-state index is -1.23. The highest BCUT2D eigenvalue weighted by atomic mass is 16.5. The van der Waals surface area contributed by atoms with Crippen molar-refractivity contribution in [3.8, 4) is 23.3 Å². The number of rotatable bonds is 7. The molecule has 0 atom stereocenters. The predicted octanol–water partition coefficient (Wildman–Crippen LogP) is 2.41. The molecule has 0 saturated heterocycles. The third kappa shape index (κ3) is 4.27. The molecule has 0 aliphatic carbocycles. The van der Waals surface area contributed by atoms with Crippen molar-refractivity contribution in [1.29, 1.82) is 10.7 Å². The fourth-order valence-corrected chi connectivity index (χ4v) is 1.95. The second-order valence-corrected chi connectivity index (χ2v) is 4.86. The van der Waals surface area contributed by atoms with Crippen molar-refractivity contribution >= 4 is 23.2 Å². The van der Waals surface area contributed by atoms with Crippen LogP contribution in [0, 0.1) is 16.7 Å². The van der Waals surface area contributed by atoms with E-state index < -0.39 is 11.8 Å². The van der Waals surface area contributed by atoms with Crippen LogP contribution in [0.2, 0.25) is 0 Å². The van der Waals surface area contributed by atoms with Crippen LogP contribution in [0.5, 0.6) is 17.2 Å². The summed E-state index contributed by atoms with van der Waals surface area (Å²) in [7, 11) is 1.50. The van der Waals surface area contributed by atoms with E-state index in [1.165, 1.54) is 25.3 Å². The Balaban J connectivity index is 2.33. The van der Waals surface area contributed by atoms with Gasteiger partial charge in [-0.1, -0.05) is 12.1 Å². The highest BCUT2D eigenvalue weighted by Crippen LogP contribution is 2.32. The molecule has 0 aliphatic heterocycles. The van der Waals surface area contributed by atoms with E-state index in [0.29, 0.717) is 11.5 Å². The molecule has 2 aromatic carbocycles. The van der Waals surface area contributed by atoms with Crippen LogP contribution in [-0.4, -0.2) is 29.7 Å². The van der Waals surface area contributed by atoms with Gasteiger partial charge in [0, 0.05) is 0 Å². The van der Waals surface area contributed by atoms with E-state index >= 15 is 0 Å². The summed E-state index contributed by atoms with van der Waals surface area (Å²) in [6.07, 6.45) is 0. The average molecular weight is 353 g/mol. The molecule has 9 nitrogen and oxygen atoms in total. The lowest BCUT2D eigenvalue weighted by Crippen LogP contribution is -2.22. The Morgan fingerprint density at radius 1 is 1.31 bits per heavy atom. The lowest BCUT2D eigenvalue weighted by atomic mass is 10.1. The first-order chi connectivity index (χ1) is 12.5. The molecule has 26 heavy (non-hydrogen) atoms. The molecule has 0 amide bonds. The number of nitrogens with two attached hydrogens (primary N) is 1. The van der Waals surface area contributed by atoms with E-state index in [1.54, 1.807) is 30.3 Å². The predicted molar refractivity (Wildman–Crippen MR) is 95.1 cm³/mol. The number of nitrogens with zero attached hydrogens (tertiary/aromatic N) is 2. The molecule has 5 N–H and O–H groups in total. The van der Waals surface area contributed by atoms with E-state index in [2.05, 4.69) is 10.5 Å². The van der Waals surface area contributed by atoms with Crippen LogP contribution in [0.3, 0.4) is 0 Å². The summed E-state index contributed by atoms with van der Waals surface area (Å²) in [5.74, 6) is -0.569. The van der Waals surface area contributed by atoms with Crippen molar-refractivity contribution in [2.75, 3.05) is 12.5 Å². The number of hydrazone groups is 1.